The third kappa shape index (κ3) is 3.05. The standard InChI is InChI=1S/C21H21NO4/c1-25-16-8-7-15-13-22(10-9-14-5-3-2-4-6-14)21(24)18-12-19(23)26-20(18)17(15)11-16/h2-8,11,18,20H,9-10,12-13H2,1H3. The van der Waals surface area contributed by atoms with Gasteiger partial charge in [0.15, 0.2) is 0 Å². The molecule has 134 valence electrons. The zero-order valence-electron chi connectivity index (χ0n) is 14.7. The van der Waals surface area contributed by atoms with Gasteiger partial charge in [0.25, 0.3) is 0 Å². The summed E-state index contributed by atoms with van der Waals surface area (Å²) in [6, 6.07) is 15.8. The van der Waals surface area contributed by atoms with Crippen LogP contribution in [0.15, 0.2) is 48.5 Å². The Morgan fingerprint density at radius 2 is 1.96 bits per heavy atom. The van der Waals surface area contributed by atoms with Gasteiger partial charge in [0, 0.05) is 18.7 Å². The molecule has 2 aromatic carbocycles. The summed E-state index contributed by atoms with van der Waals surface area (Å²) in [5.74, 6) is -0.0683. The summed E-state index contributed by atoms with van der Waals surface area (Å²) in [7, 11) is 1.61. The van der Waals surface area contributed by atoms with E-state index >= 15 is 0 Å². The van der Waals surface area contributed by atoms with E-state index < -0.39 is 12.0 Å². The van der Waals surface area contributed by atoms with E-state index in [0.717, 1.165) is 17.5 Å². The van der Waals surface area contributed by atoms with Crippen molar-refractivity contribution in [1.82, 2.24) is 4.90 Å². The second-order valence-corrected chi connectivity index (χ2v) is 6.78. The highest BCUT2D eigenvalue weighted by Gasteiger charge is 2.45. The fraction of sp³-hybridized carbons (Fsp3) is 0.333. The summed E-state index contributed by atoms with van der Waals surface area (Å²) in [6.45, 7) is 1.14. The zero-order valence-corrected chi connectivity index (χ0v) is 14.7. The normalized spacial score (nSPS) is 21.7. The van der Waals surface area contributed by atoms with E-state index in [-0.39, 0.29) is 18.3 Å². The summed E-state index contributed by atoms with van der Waals surface area (Å²) in [4.78, 5) is 26.8. The molecule has 4 rings (SSSR count). The lowest BCUT2D eigenvalue weighted by Gasteiger charge is -2.23. The molecule has 2 unspecified atom stereocenters. The minimum absolute atomic E-state index is 0.00746. The van der Waals surface area contributed by atoms with Gasteiger partial charge in [-0.1, -0.05) is 36.4 Å². The van der Waals surface area contributed by atoms with Crippen molar-refractivity contribution in [3.05, 3.63) is 65.2 Å². The van der Waals surface area contributed by atoms with Crippen molar-refractivity contribution in [3.63, 3.8) is 0 Å². The molecule has 2 aliphatic heterocycles. The molecule has 0 aromatic heterocycles. The van der Waals surface area contributed by atoms with E-state index in [2.05, 4.69) is 12.1 Å². The fourth-order valence-corrected chi connectivity index (χ4v) is 3.78. The van der Waals surface area contributed by atoms with Crippen LogP contribution >= 0.6 is 0 Å². The molecule has 1 saturated heterocycles. The molecule has 5 heteroatoms. The first-order valence-corrected chi connectivity index (χ1v) is 8.84. The minimum atomic E-state index is -0.512. The van der Waals surface area contributed by atoms with E-state index in [1.54, 1.807) is 7.11 Å². The molecule has 0 aliphatic carbocycles. The number of ether oxygens (including phenoxy) is 2. The average molecular weight is 351 g/mol. The number of fused-ring (bicyclic) bond motifs is 3. The Kier molecular flexibility index (Phi) is 4.37. The maximum Gasteiger partial charge on any atom is 0.307 e. The number of methoxy groups -OCH3 is 1. The summed E-state index contributed by atoms with van der Waals surface area (Å²) in [5, 5.41) is 0. The molecule has 0 N–H and O–H groups in total. The third-order valence-corrected chi connectivity index (χ3v) is 5.17. The van der Waals surface area contributed by atoms with Gasteiger partial charge < -0.3 is 14.4 Å². The van der Waals surface area contributed by atoms with Gasteiger partial charge in [0.2, 0.25) is 5.91 Å². The second kappa shape index (κ2) is 6.83. The number of benzene rings is 2. The highest BCUT2D eigenvalue weighted by Crippen LogP contribution is 2.42. The average Bonchev–Trinajstić information content (AvgIpc) is 3.02. The summed E-state index contributed by atoms with van der Waals surface area (Å²) >= 11 is 0. The molecular weight excluding hydrogens is 330 g/mol. The van der Waals surface area contributed by atoms with Crippen molar-refractivity contribution in [3.8, 4) is 5.75 Å². The molecule has 26 heavy (non-hydrogen) atoms. The van der Waals surface area contributed by atoms with Gasteiger partial charge in [-0.25, -0.2) is 0 Å². The first kappa shape index (κ1) is 16.6. The van der Waals surface area contributed by atoms with Crippen molar-refractivity contribution in [2.45, 2.75) is 25.5 Å². The quantitative estimate of drug-likeness (QED) is 0.795. The molecule has 2 heterocycles. The first-order chi connectivity index (χ1) is 12.7. The lowest BCUT2D eigenvalue weighted by molar-refractivity contribution is -0.142. The molecule has 1 fully saturated rings. The van der Waals surface area contributed by atoms with Crippen molar-refractivity contribution < 1.29 is 19.1 Å². The van der Waals surface area contributed by atoms with E-state index in [9.17, 15) is 9.59 Å². The van der Waals surface area contributed by atoms with Gasteiger partial charge in [-0.05, 0) is 29.7 Å². The van der Waals surface area contributed by atoms with Crippen molar-refractivity contribution in [1.29, 1.82) is 0 Å². The second-order valence-electron chi connectivity index (χ2n) is 6.78. The number of esters is 1. The van der Waals surface area contributed by atoms with Gasteiger partial charge in [0.1, 0.15) is 11.9 Å². The Morgan fingerprint density at radius 1 is 1.15 bits per heavy atom. The van der Waals surface area contributed by atoms with Gasteiger partial charge in [0.05, 0.1) is 19.4 Å². The predicted octanol–water partition coefficient (Wildman–Crippen LogP) is 2.88. The monoisotopic (exact) mass is 351 g/mol. The number of nitrogens with zero attached hydrogens (tertiary/aromatic N) is 1. The van der Waals surface area contributed by atoms with Crippen LogP contribution in [0.2, 0.25) is 0 Å². The van der Waals surface area contributed by atoms with Crippen LogP contribution < -0.4 is 4.74 Å². The van der Waals surface area contributed by atoms with E-state index in [0.29, 0.717) is 18.8 Å². The van der Waals surface area contributed by atoms with E-state index in [1.807, 2.05) is 41.3 Å². The highest BCUT2D eigenvalue weighted by molar-refractivity contribution is 5.88. The number of hydrogen-bond acceptors (Lipinski definition) is 4. The van der Waals surface area contributed by atoms with Crippen LogP contribution in [-0.2, 0) is 27.3 Å². The maximum absolute atomic E-state index is 13.1. The van der Waals surface area contributed by atoms with Crippen LogP contribution in [0, 0.1) is 5.92 Å². The van der Waals surface area contributed by atoms with Gasteiger partial charge in [-0.2, -0.15) is 0 Å². The molecule has 0 spiro atoms. The Morgan fingerprint density at radius 3 is 2.73 bits per heavy atom. The fourth-order valence-electron chi connectivity index (χ4n) is 3.78. The van der Waals surface area contributed by atoms with Crippen LogP contribution in [0.1, 0.15) is 29.2 Å². The van der Waals surface area contributed by atoms with E-state index in [1.165, 1.54) is 5.56 Å². The molecule has 0 radical (unpaired) electrons. The van der Waals surface area contributed by atoms with Crippen LogP contribution in [0.3, 0.4) is 0 Å². The van der Waals surface area contributed by atoms with Crippen LogP contribution in [-0.4, -0.2) is 30.4 Å². The summed E-state index contributed by atoms with van der Waals surface area (Å²) in [5.41, 5.74) is 3.08. The molecule has 2 aromatic rings. The molecule has 1 amide bonds. The lowest BCUT2D eigenvalue weighted by atomic mass is 9.93. The number of amides is 1. The minimum Gasteiger partial charge on any atom is -0.497 e. The number of rotatable bonds is 4. The van der Waals surface area contributed by atoms with Crippen molar-refractivity contribution in [2.24, 2.45) is 5.92 Å². The Labute approximate surface area is 152 Å². The molecule has 0 saturated carbocycles. The Hall–Kier alpha value is -2.82. The maximum atomic E-state index is 13.1. The number of carbonyl (C=O) groups excluding carboxylic acids is 2. The number of carbonyl (C=O) groups is 2. The Balaban J connectivity index is 1.64. The molecule has 2 atom stereocenters. The van der Waals surface area contributed by atoms with Crippen molar-refractivity contribution in [2.75, 3.05) is 13.7 Å². The largest absolute Gasteiger partial charge is 0.497 e. The van der Waals surface area contributed by atoms with Gasteiger partial charge in [-0.15, -0.1) is 0 Å². The molecule has 5 nitrogen and oxygen atoms in total. The topological polar surface area (TPSA) is 55.8 Å². The van der Waals surface area contributed by atoms with Crippen LogP contribution in [0.5, 0.6) is 5.75 Å². The Bertz CT molecular complexity index is 833. The van der Waals surface area contributed by atoms with E-state index in [4.69, 9.17) is 9.47 Å². The zero-order chi connectivity index (χ0) is 18.1. The van der Waals surface area contributed by atoms with Crippen LogP contribution in [0.4, 0.5) is 0 Å². The smallest absolute Gasteiger partial charge is 0.307 e. The molecule has 0 bridgehead atoms. The van der Waals surface area contributed by atoms with Gasteiger partial charge in [-0.3, -0.25) is 9.59 Å². The predicted molar refractivity (Wildman–Crippen MR) is 95.5 cm³/mol. The lowest BCUT2D eigenvalue weighted by Crippen LogP contribution is -2.36. The number of hydrogen-bond donors (Lipinski definition) is 0. The van der Waals surface area contributed by atoms with Crippen molar-refractivity contribution >= 4 is 11.9 Å². The molecular formula is C21H21NO4. The molecule has 2 aliphatic rings. The highest BCUT2D eigenvalue weighted by atomic mass is 16.6. The third-order valence-electron chi connectivity index (χ3n) is 5.17. The first-order valence-electron chi connectivity index (χ1n) is 8.84. The van der Waals surface area contributed by atoms with Gasteiger partial charge >= 0.3 is 5.97 Å². The SMILES string of the molecule is COc1ccc2c(c1)C1OC(=O)CC1C(=O)N(CCc1ccccc1)C2. The summed E-state index contributed by atoms with van der Waals surface area (Å²) < 4.78 is 10.8. The summed E-state index contributed by atoms with van der Waals surface area (Å²) in [6.07, 6.45) is 0.411. The van der Waals surface area contributed by atoms with Crippen LogP contribution in [0.25, 0.3) is 0 Å².